The SMILES string of the molecule is CC1(O)CC2CC[C@@H](C1)N2. The summed E-state index contributed by atoms with van der Waals surface area (Å²) in [5.41, 5.74) is -0.378. The minimum Gasteiger partial charge on any atom is -0.390 e. The minimum absolute atomic E-state index is 0.378. The first kappa shape index (κ1) is 6.62. The summed E-state index contributed by atoms with van der Waals surface area (Å²) in [5.74, 6) is 0. The molecular formula is C8H15NO. The molecule has 2 nitrogen and oxygen atoms in total. The zero-order valence-corrected chi connectivity index (χ0v) is 6.43. The fourth-order valence-electron chi connectivity index (χ4n) is 2.37. The number of aliphatic hydroxyl groups is 1. The van der Waals surface area contributed by atoms with Crippen LogP contribution >= 0.6 is 0 Å². The molecule has 3 atom stereocenters. The summed E-state index contributed by atoms with van der Waals surface area (Å²) >= 11 is 0. The molecule has 2 heterocycles. The monoisotopic (exact) mass is 141 g/mol. The Bertz CT molecular complexity index is 130. The molecular weight excluding hydrogens is 126 g/mol. The van der Waals surface area contributed by atoms with Crippen molar-refractivity contribution in [1.29, 1.82) is 0 Å². The smallest absolute Gasteiger partial charge is 0.0649 e. The third-order valence-electron chi connectivity index (χ3n) is 2.71. The fraction of sp³-hybridized carbons (Fsp3) is 1.00. The van der Waals surface area contributed by atoms with Crippen LogP contribution in [0.1, 0.15) is 32.6 Å². The quantitative estimate of drug-likeness (QED) is 0.519. The summed E-state index contributed by atoms with van der Waals surface area (Å²) in [6.45, 7) is 1.96. The second-order valence-corrected chi connectivity index (χ2v) is 4.04. The Hall–Kier alpha value is -0.0800. The van der Waals surface area contributed by atoms with Crippen LogP contribution in [0, 0.1) is 0 Å². The van der Waals surface area contributed by atoms with E-state index >= 15 is 0 Å². The minimum atomic E-state index is -0.378. The topological polar surface area (TPSA) is 32.3 Å². The van der Waals surface area contributed by atoms with E-state index in [0.717, 1.165) is 12.8 Å². The molecule has 2 N–H and O–H groups in total. The Morgan fingerprint density at radius 1 is 1.30 bits per heavy atom. The average molecular weight is 141 g/mol. The van der Waals surface area contributed by atoms with E-state index in [-0.39, 0.29) is 5.60 Å². The number of nitrogens with one attached hydrogen (secondary N) is 1. The Balaban J connectivity index is 2.09. The van der Waals surface area contributed by atoms with Crippen LogP contribution in [0.5, 0.6) is 0 Å². The van der Waals surface area contributed by atoms with Crippen molar-refractivity contribution < 1.29 is 5.11 Å². The summed E-state index contributed by atoms with van der Waals surface area (Å²) in [6, 6.07) is 1.21. The highest BCUT2D eigenvalue weighted by Gasteiger charge is 2.38. The Morgan fingerprint density at radius 2 is 1.80 bits per heavy atom. The summed E-state index contributed by atoms with van der Waals surface area (Å²) in [4.78, 5) is 0. The van der Waals surface area contributed by atoms with Gasteiger partial charge in [0.25, 0.3) is 0 Å². The van der Waals surface area contributed by atoms with Gasteiger partial charge in [0.15, 0.2) is 0 Å². The molecule has 2 bridgehead atoms. The van der Waals surface area contributed by atoms with Gasteiger partial charge in [0.1, 0.15) is 0 Å². The first-order chi connectivity index (χ1) is 4.66. The zero-order chi connectivity index (χ0) is 7.19. The van der Waals surface area contributed by atoms with E-state index in [0.29, 0.717) is 12.1 Å². The fourth-order valence-corrected chi connectivity index (χ4v) is 2.37. The van der Waals surface area contributed by atoms with Crippen molar-refractivity contribution in [3.63, 3.8) is 0 Å². The highest BCUT2D eigenvalue weighted by molar-refractivity contribution is 4.97. The van der Waals surface area contributed by atoms with Crippen LogP contribution in [0.2, 0.25) is 0 Å². The average Bonchev–Trinajstić information content (AvgIpc) is 2.08. The standard InChI is InChI=1S/C8H15NO/c1-8(10)4-6-2-3-7(5-8)9-6/h6-7,9-10H,2-5H2,1H3/t6-,7?,8?/m0/s1. The van der Waals surface area contributed by atoms with Crippen LogP contribution in [0.3, 0.4) is 0 Å². The third-order valence-corrected chi connectivity index (χ3v) is 2.71. The van der Waals surface area contributed by atoms with Gasteiger partial charge in [0, 0.05) is 12.1 Å². The van der Waals surface area contributed by atoms with Crippen LogP contribution in [0.15, 0.2) is 0 Å². The second kappa shape index (κ2) is 1.95. The summed E-state index contributed by atoms with van der Waals surface area (Å²) in [5, 5.41) is 13.2. The molecule has 0 aromatic heterocycles. The first-order valence-corrected chi connectivity index (χ1v) is 4.14. The van der Waals surface area contributed by atoms with Crippen molar-refractivity contribution in [2.45, 2.75) is 50.3 Å². The maximum atomic E-state index is 9.72. The lowest BCUT2D eigenvalue weighted by Gasteiger charge is -2.33. The summed E-state index contributed by atoms with van der Waals surface area (Å²) < 4.78 is 0. The first-order valence-electron chi connectivity index (χ1n) is 4.14. The van der Waals surface area contributed by atoms with E-state index in [2.05, 4.69) is 5.32 Å². The summed E-state index contributed by atoms with van der Waals surface area (Å²) in [6.07, 6.45) is 4.43. The van der Waals surface area contributed by atoms with E-state index in [4.69, 9.17) is 0 Å². The zero-order valence-electron chi connectivity index (χ0n) is 6.43. The van der Waals surface area contributed by atoms with Gasteiger partial charge in [-0.3, -0.25) is 0 Å². The molecule has 2 rings (SSSR count). The number of hydrogen-bond donors (Lipinski definition) is 2. The molecule has 2 fully saturated rings. The van der Waals surface area contributed by atoms with Gasteiger partial charge < -0.3 is 10.4 Å². The Morgan fingerprint density at radius 3 is 2.30 bits per heavy atom. The van der Waals surface area contributed by atoms with E-state index in [1.165, 1.54) is 12.8 Å². The largest absolute Gasteiger partial charge is 0.390 e. The highest BCUT2D eigenvalue weighted by atomic mass is 16.3. The second-order valence-electron chi connectivity index (χ2n) is 4.04. The van der Waals surface area contributed by atoms with Crippen LogP contribution in [0.25, 0.3) is 0 Å². The van der Waals surface area contributed by atoms with Crippen LogP contribution in [-0.2, 0) is 0 Å². The van der Waals surface area contributed by atoms with Crippen LogP contribution in [0.4, 0.5) is 0 Å². The molecule has 0 aliphatic carbocycles. The number of fused-ring (bicyclic) bond motifs is 2. The molecule has 2 aliphatic heterocycles. The molecule has 58 valence electrons. The third kappa shape index (κ3) is 1.06. The summed E-state index contributed by atoms with van der Waals surface area (Å²) in [7, 11) is 0. The van der Waals surface area contributed by atoms with Gasteiger partial charge in [-0.1, -0.05) is 0 Å². The molecule has 2 aliphatic rings. The van der Waals surface area contributed by atoms with Gasteiger partial charge in [-0.2, -0.15) is 0 Å². The van der Waals surface area contributed by atoms with Crippen molar-refractivity contribution in [2.75, 3.05) is 0 Å². The van der Waals surface area contributed by atoms with Gasteiger partial charge in [-0.15, -0.1) is 0 Å². The van der Waals surface area contributed by atoms with E-state index in [1.807, 2.05) is 6.92 Å². The molecule has 0 amide bonds. The lowest BCUT2D eigenvalue weighted by atomic mass is 9.90. The molecule has 2 heteroatoms. The van der Waals surface area contributed by atoms with Crippen molar-refractivity contribution >= 4 is 0 Å². The van der Waals surface area contributed by atoms with Gasteiger partial charge >= 0.3 is 0 Å². The number of rotatable bonds is 0. The Labute approximate surface area is 61.6 Å². The highest BCUT2D eigenvalue weighted by Crippen LogP contribution is 2.33. The van der Waals surface area contributed by atoms with Gasteiger partial charge in [0.05, 0.1) is 5.60 Å². The number of hydrogen-bond acceptors (Lipinski definition) is 2. The van der Waals surface area contributed by atoms with Crippen LogP contribution in [-0.4, -0.2) is 22.8 Å². The molecule has 0 aromatic rings. The molecule has 2 saturated heterocycles. The molecule has 0 spiro atoms. The van der Waals surface area contributed by atoms with E-state index < -0.39 is 0 Å². The molecule has 0 aromatic carbocycles. The predicted octanol–water partition coefficient (Wildman–Crippen LogP) is 0.652. The van der Waals surface area contributed by atoms with Gasteiger partial charge in [-0.25, -0.2) is 0 Å². The van der Waals surface area contributed by atoms with Gasteiger partial charge in [-0.05, 0) is 32.6 Å². The number of piperidine rings is 1. The van der Waals surface area contributed by atoms with E-state index in [1.54, 1.807) is 0 Å². The Kier molecular flexibility index (Phi) is 1.29. The van der Waals surface area contributed by atoms with Crippen LogP contribution < -0.4 is 5.32 Å². The molecule has 10 heavy (non-hydrogen) atoms. The van der Waals surface area contributed by atoms with Crippen molar-refractivity contribution in [3.8, 4) is 0 Å². The molecule has 0 radical (unpaired) electrons. The predicted molar refractivity (Wildman–Crippen MR) is 39.8 cm³/mol. The lowest BCUT2D eigenvalue weighted by molar-refractivity contribution is 0.0111. The van der Waals surface area contributed by atoms with E-state index in [9.17, 15) is 5.11 Å². The van der Waals surface area contributed by atoms with Crippen molar-refractivity contribution in [2.24, 2.45) is 0 Å². The van der Waals surface area contributed by atoms with Crippen molar-refractivity contribution in [3.05, 3.63) is 0 Å². The lowest BCUT2D eigenvalue weighted by Crippen LogP contribution is -2.46. The normalized spacial score (nSPS) is 53.4. The maximum absolute atomic E-state index is 9.72. The van der Waals surface area contributed by atoms with Crippen molar-refractivity contribution in [1.82, 2.24) is 5.32 Å². The van der Waals surface area contributed by atoms with Gasteiger partial charge in [0.2, 0.25) is 0 Å². The molecule has 2 unspecified atom stereocenters. The maximum Gasteiger partial charge on any atom is 0.0649 e. The molecule has 0 saturated carbocycles.